The lowest BCUT2D eigenvalue weighted by Crippen LogP contribution is -2.19. The van der Waals surface area contributed by atoms with Crippen LogP contribution in [-0.4, -0.2) is 18.6 Å². The Bertz CT molecular complexity index is 569. The van der Waals surface area contributed by atoms with Gasteiger partial charge < -0.3 is 5.32 Å². The van der Waals surface area contributed by atoms with Gasteiger partial charge in [-0.25, -0.2) is 0 Å². The Balaban J connectivity index is 1.69. The standard InChI is InChI=1S/C19H25NS/c1-20-19(14-21-13-15-7-2-3-8-15)18-12-6-10-16-9-4-5-11-17(16)18/h4-6,9-12,15,19-20H,2-3,7-8,13-14H2,1H3. The molecule has 2 aromatic carbocycles. The van der Waals surface area contributed by atoms with Gasteiger partial charge in [0.05, 0.1) is 0 Å². The quantitative estimate of drug-likeness (QED) is 0.803. The molecule has 2 heteroatoms. The minimum atomic E-state index is 0.447. The monoisotopic (exact) mass is 299 g/mol. The fraction of sp³-hybridized carbons (Fsp3) is 0.474. The lowest BCUT2D eigenvalue weighted by molar-refractivity contribution is 0.619. The summed E-state index contributed by atoms with van der Waals surface area (Å²) in [5, 5.41) is 6.25. The molecule has 1 aliphatic rings. The summed E-state index contributed by atoms with van der Waals surface area (Å²) >= 11 is 2.12. The van der Waals surface area contributed by atoms with Gasteiger partial charge in [-0.2, -0.15) is 11.8 Å². The highest BCUT2D eigenvalue weighted by Gasteiger charge is 2.17. The molecule has 1 fully saturated rings. The number of hydrogen-bond donors (Lipinski definition) is 1. The van der Waals surface area contributed by atoms with Gasteiger partial charge in [0, 0.05) is 11.8 Å². The van der Waals surface area contributed by atoms with Gasteiger partial charge in [0.25, 0.3) is 0 Å². The maximum absolute atomic E-state index is 3.52. The van der Waals surface area contributed by atoms with Gasteiger partial charge in [-0.1, -0.05) is 55.3 Å². The highest BCUT2D eigenvalue weighted by molar-refractivity contribution is 7.99. The number of benzene rings is 2. The Kier molecular flexibility index (Phi) is 5.21. The van der Waals surface area contributed by atoms with E-state index in [4.69, 9.17) is 0 Å². The second-order valence-corrected chi connectivity index (χ2v) is 7.17. The summed E-state index contributed by atoms with van der Waals surface area (Å²) in [5.41, 5.74) is 1.44. The summed E-state index contributed by atoms with van der Waals surface area (Å²) in [6.45, 7) is 0. The molecule has 1 saturated carbocycles. The van der Waals surface area contributed by atoms with E-state index in [9.17, 15) is 0 Å². The molecule has 0 amide bonds. The van der Waals surface area contributed by atoms with Crippen molar-refractivity contribution in [2.45, 2.75) is 31.7 Å². The molecule has 1 atom stereocenters. The van der Waals surface area contributed by atoms with E-state index in [0.29, 0.717) is 6.04 Å². The zero-order valence-corrected chi connectivity index (χ0v) is 13.7. The molecule has 0 aromatic heterocycles. The number of hydrogen-bond acceptors (Lipinski definition) is 2. The van der Waals surface area contributed by atoms with Crippen molar-refractivity contribution in [3.05, 3.63) is 48.0 Å². The lowest BCUT2D eigenvalue weighted by Gasteiger charge is -2.19. The maximum atomic E-state index is 3.52. The minimum absolute atomic E-state index is 0.447. The molecule has 1 unspecified atom stereocenters. The molecular formula is C19H25NS. The normalized spacial score (nSPS) is 17.4. The molecule has 0 spiro atoms. The summed E-state index contributed by atoms with van der Waals surface area (Å²) in [4.78, 5) is 0. The minimum Gasteiger partial charge on any atom is -0.312 e. The Morgan fingerprint density at radius 3 is 2.67 bits per heavy atom. The van der Waals surface area contributed by atoms with Crippen LogP contribution in [0.3, 0.4) is 0 Å². The van der Waals surface area contributed by atoms with Crippen molar-refractivity contribution >= 4 is 22.5 Å². The van der Waals surface area contributed by atoms with Crippen LogP contribution in [0.25, 0.3) is 10.8 Å². The fourth-order valence-electron chi connectivity index (χ4n) is 3.41. The van der Waals surface area contributed by atoms with E-state index in [1.54, 1.807) is 0 Å². The molecule has 0 heterocycles. The molecule has 1 aliphatic carbocycles. The van der Waals surface area contributed by atoms with Gasteiger partial charge in [0.1, 0.15) is 0 Å². The summed E-state index contributed by atoms with van der Waals surface area (Å²) in [5.74, 6) is 3.48. The zero-order chi connectivity index (χ0) is 14.5. The molecule has 21 heavy (non-hydrogen) atoms. The topological polar surface area (TPSA) is 12.0 Å². The second kappa shape index (κ2) is 7.33. The van der Waals surface area contributed by atoms with Crippen LogP contribution >= 0.6 is 11.8 Å². The van der Waals surface area contributed by atoms with E-state index < -0.39 is 0 Å². The summed E-state index contributed by atoms with van der Waals surface area (Å²) in [6.07, 6.45) is 5.80. The Labute approximate surface area is 132 Å². The van der Waals surface area contributed by atoms with Crippen LogP contribution in [0.1, 0.15) is 37.3 Å². The van der Waals surface area contributed by atoms with Crippen LogP contribution in [0, 0.1) is 5.92 Å². The van der Waals surface area contributed by atoms with Crippen LogP contribution in [0.2, 0.25) is 0 Å². The van der Waals surface area contributed by atoms with Crippen molar-refractivity contribution in [1.82, 2.24) is 5.32 Å². The predicted molar refractivity (Wildman–Crippen MR) is 95.0 cm³/mol. The van der Waals surface area contributed by atoms with Crippen LogP contribution in [0.4, 0.5) is 0 Å². The van der Waals surface area contributed by atoms with E-state index in [1.807, 2.05) is 0 Å². The maximum Gasteiger partial charge on any atom is 0.0415 e. The molecule has 0 aliphatic heterocycles. The largest absolute Gasteiger partial charge is 0.312 e. The van der Waals surface area contributed by atoms with Crippen molar-refractivity contribution in [1.29, 1.82) is 0 Å². The predicted octanol–water partition coefficient (Wildman–Crippen LogP) is 5.02. The van der Waals surface area contributed by atoms with Crippen molar-refractivity contribution in [3.63, 3.8) is 0 Å². The Morgan fingerprint density at radius 2 is 1.86 bits per heavy atom. The SMILES string of the molecule is CNC(CSCC1CCCC1)c1cccc2ccccc12. The number of fused-ring (bicyclic) bond motifs is 1. The number of nitrogens with one attached hydrogen (secondary N) is 1. The lowest BCUT2D eigenvalue weighted by atomic mass is 10.00. The average molecular weight is 299 g/mol. The second-order valence-electron chi connectivity index (χ2n) is 6.10. The third-order valence-corrected chi connectivity index (χ3v) is 5.94. The first-order chi connectivity index (χ1) is 10.4. The first-order valence-corrected chi connectivity index (χ1v) is 9.26. The van der Waals surface area contributed by atoms with Crippen molar-refractivity contribution < 1.29 is 0 Å². The molecule has 112 valence electrons. The van der Waals surface area contributed by atoms with Gasteiger partial charge in [-0.3, -0.25) is 0 Å². The first-order valence-electron chi connectivity index (χ1n) is 8.11. The molecule has 0 bridgehead atoms. The third kappa shape index (κ3) is 3.61. The third-order valence-electron chi connectivity index (χ3n) is 4.66. The molecular weight excluding hydrogens is 274 g/mol. The summed E-state index contributed by atoms with van der Waals surface area (Å²) in [7, 11) is 2.09. The van der Waals surface area contributed by atoms with Crippen LogP contribution in [0.15, 0.2) is 42.5 Å². The van der Waals surface area contributed by atoms with Crippen LogP contribution in [-0.2, 0) is 0 Å². The average Bonchev–Trinajstić information content (AvgIpc) is 3.05. The van der Waals surface area contributed by atoms with Gasteiger partial charge in [0.2, 0.25) is 0 Å². The van der Waals surface area contributed by atoms with Crippen LogP contribution < -0.4 is 5.32 Å². The Hall–Kier alpha value is -0.990. The van der Waals surface area contributed by atoms with E-state index in [0.717, 1.165) is 5.92 Å². The van der Waals surface area contributed by atoms with Gasteiger partial charge in [-0.15, -0.1) is 0 Å². The van der Waals surface area contributed by atoms with E-state index in [2.05, 4.69) is 66.6 Å². The molecule has 0 radical (unpaired) electrons. The highest BCUT2D eigenvalue weighted by atomic mass is 32.2. The molecule has 1 nitrogen and oxygen atoms in total. The number of thioether (sulfide) groups is 1. The zero-order valence-electron chi connectivity index (χ0n) is 12.8. The van der Waals surface area contributed by atoms with Gasteiger partial charge in [-0.05, 0) is 47.9 Å². The fourth-order valence-corrected chi connectivity index (χ4v) is 4.80. The Morgan fingerprint density at radius 1 is 1.10 bits per heavy atom. The van der Waals surface area contributed by atoms with Gasteiger partial charge in [0.15, 0.2) is 0 Å². The molecule has 3 rings (SSSR count). The van der Waals surface area contributed by atoms with Gasteiger partial charge >= 0.3 is 0 Å². The smallest absolute Gasteiger partial charge is 0.0415 e. The summed E-state index contributed by atoms with van der Waals surface area (Å²) in [6, 6.07) is 15.8. The first kappa shape index (κ1) is 14.9. The molecule has 0 saturated heterocycles. The van der Waals surface area contributed by atoms with Crippen molar-refractivity contribution in [2.24, 2.45) is 5.92 Å². The van der Waals surface area contributed by atoms with E-state index >= 15 is 0 Å². The summed E-state index contributed by atoms with van der Waals surface area (Å²) < 4.78 is 0. The van der Waals surface area contributed by atoms with Crippen molar-refractivity contribution in [3.8, 4) is 0 Å². The molecule has 2 aromatic rings. The van der Waals surface area contributed by atoms with Crippen LogP contribution in [0.5, 0.6) is 0 Å². The number of rotatable bonds is 6. The highest BCUT2D eigenvalue weighted by Crippen LogP contribution is 2.31. The van der Waals surface area contributed by atoms with Crippen molar-refractivity contribution in [2.75, 3.05) is 18.6 Å². The molecule has 1 N–H and O–H groups in total. The van der Waals surface area contributed by atoms with E-state index in [1.165, 1.54) is 53.5 Å². The van der Waals surface area contributed by atoms with E-state index in [-0.39, 0.29) is 0 Å².